The van der Waals surface area contributed by atoms with Crippen molar-refractivity contribution >= 4 is 38.4 Å². The number of phenols is 1. The molecule has 9 nitrogen and oxygen atoms in total. The van der Waals surface area contributed by atoms with Crippen LogP contribution in [0, 0.1) is 0 Å². The number of ether oxygens (including phenoxy) is 3. The second kappa shape index (κ2) is 12.3. The van der Waals surface area contributed by atoms with E-state index in [9.17, 15) is 23.4 Å². The summed E-state index contributed by atoms with van der Waals surface area (Å²) in [6.07, 6.45) is 1.73. The number of aliphatic hydroxyl groups excluding tert-OH is 1. The first-order valence-corrected chi connectivity index (χ1v) is 16.2. The maximum Gasteiger partial charge on any atom is 0.324 e. The van der Waals surface area contributed by atoms with E-state index in [1.807, 2.05) is 36.4 Å². The lowest BCUT2D eigenvalue weighted by Gasteiger charge is -2.22. The van der Waals surface area contributed by atoms with Gasteiger partial charge in [-0.2, -0.15) is 4.31 Å². The molecule has 1 aliphatic heterocycles. The van der Waals surface area contributed by atoms with Crippen molar-refractivity contribution in [3.8, 4) is 23.0 Å². The Hall–Kier alpha value is -3.83. The minimum absolute atomic E-state index is 0.00459. The molecular formula is C33H32ClNO8S. The van der Waals surface area contributed by atoms with Crippen LogP contribution in [0.2, 0.25) is 5.02 Å². The number of benzene rings is 4. The molecule has 1 saturated carbocycles. The van der Waals surface area contributed by atoms with Gasteiger partial charge in [0.1, 0.15) is 29.0 Å². The molecule has 230 valence electrons. The van der Waals surface area contributed by atoms with Crippen LogP contribution >= 0.6 is 11.6 Å². The van der Waals surface area contributed by atoms with Crippen LogP contribution in [-0.2, 0) is 19.6 Å². The highest BCUT2D eigenvalue weighted by molar-refractivity contribution is 7.89. The molecule has 4 atom stereocenters. The summed E-state index contributed by atoms with van der Waals surface area (Å²) in [5.41, 5.74) is 1.14. The summed E-state index contributed by atoms with van der Waals surface area (Å²) >= 11 is 6.22. The Bertz CT molecular complexity index is 1810. The number of carbonyl (C=O) groups is 1. The molecule has 0 radical (unpaired) electrons. The van der Waals surface area contributed by atoms with Gasteiger partial charge in [-0.15, -0.1) is 0 Å². The first kappa shape index (κ1) is 30.2. The molecule has 11 heteroatoms. The smallest absolute Gasteiger partial charge is 0.324 e. The summed E-state index contributed by atoms with van der Waals surface area (Å²) in [5, 5.41) is 21.8. The fourth-order valence-electron chi connectivity index (χ4n) is 6.04. The molecule has 1 heterocycles. The second-order valence-electron chi connectivity index (χ2n) is 11.2. The average Bonchev–Trinajstić information content (AvgIpc) is 3.65. The number of β-amino-alcohol motifs (C(OH)–C–C–N with tert-alkyl or cyclic N) is 1. The molecule has 0 amide bonds. The number of sulfonamides is 1. The third-order valence-corrected chi connectivity index (χ3v) is 10.4. The number of halogens is 1. The molecule has 0 bridgehead atoms. The number of methoxy groups -OCH3 is 1. The van der Waals surface area contributed by atoms with E-state index in [2.05, 4.69) is 6.07 Å². The largest absolute Gasteiger partial charge is 0.508 e. The Morgan fingerprint density at radius 2 is 1.73 bits per heavy atom. The highest BCUT2D eigenvalue weighted by atomic mass is 35.5. The Kier molecular flexibility index (Phi) is 8.43. The first-order chi connectivity index (χ1) is 21.1. The van der Waals surface area contributed by atoms with Crippen LogP contribution in [0.25, 0.3) is 10.8 Å². The van der Waals surface area contributed by atoms with Crippen molar-refractivity contribution in [1.82, 2.24) is 4.31 Å². The minimum atomic E-state index is -4.04. The van der Waals surface area contributed by atoms with E-state index in [4.69, 9.17) is 25.8 Å². The van der Waals surface area contributed by atoms with Crippen LogP contribution < -0.4 is 9.47 Å². The zero-order valence-corrected chi connectivity index (χ0v) is 25.5. The molecule has 1 aliphatic carbocycles. The van der Waals surface area contributed by atoms with Gasteiger partial charge in [0.05, 0.1) is 29.2 Å². The molecule has 0 aromatic heterocycles. The average molecular weight is 638 g/mol. The van der Waals surface area contributed by atoms with Crippen molar-refractivity contribution in [2.45, 2.75) is 54.7 Å². The maximum absolute atomic E-state index is 13.4. The van der Waals surface area contributed by atoms with Crippen molar-refractivity contribution in [2.24, 2.45) is 0 Å². The van der Waals surface area contributed by atoms with Crippen LogP contribution in [-0.4, -0.2) is 60.8 Å². The molecular weight excluding hydrogens is 606 g/mol. The molecule has 44 heavy (non-hydrogen) atoms. The zero-order valence-electron chi connectivity index (χ0n) is 23.9. The van der Waals surface area contributed by atoms with Gasteiger partial charge in [0.15, 0.2) is 0 Å². The van der Waals surface area contributed by atoms with Gasteiger partial charge in [0.2, 0.25) is 10.0 Å². The molecule has 1 saturated heterocycles. The summed E-state index contributed by atoms with van der Waals surface area (Å²) in [6, 6.07) is 21.7. The van der Waals surface area contributed by atoms with Crippen LogP contribution in [0.3, 0.4) is 0 Å². The monoisotopic (exact) mass is 637 g/mol. The number of esters is 1. The van der Waals surface area contributed by atoms with E-state index < -0.39 is 28.1 Å². The van der Waals surface area contributed by atoms with E-state index in [0.717, 1.165) is 34.5 Å². The van der Waals surface area contributed by atoms with Gasteiger partial charge >= 0.3 is 5.97 Å². The second-order valence-corrected chi connectivity index (χ2v) is 13.5. The number of hydrogen-bond acceptors (Lipinski definition) is 8. The van der Waals surface area contributed by atoms with Gasteiger partial charge in [-0.25, -0.2) is 8.42 Å². The fourth-order valence-corrected chi connectivity index (χ4v) is 7.86. The molecule has 4 aromatic carbocycles. The summed E-state index contributed by atoms with van der Waals surface area (Å²) < 4.78 is 44.9. The third-order valence-electron chi connectivity index (χ3n) is 8.26. The van der Waals surface area contributed by atoms with E-state index in [1.54, 1.807) is 18.2 Å². The van der Waals surface area contributed by atoms with Crippen molar-refractivity contribution in [3.63, 3.8) is 0 Å². The van der Waals surface area contributed by atoms with Gasteiger partial charge in [-0.05, 0) is 90.0 Å². The Morgan fingerprint density at radius 1 is 0.932 bits per heavy atom. The fraction of sp³-hybridized carbons (Fsp3) is 0.303. The number of phenolic OH excluding ortho intramolecular Hbond substituents is 1. The van der Waals surface area contributed by atoms with Crippen LogP contribution in [0.5, 0.6) is 23.0 Å². The number of rotatable bonds is 8. The molecule has 0 spiro atoms. The lowest BCUT2D eigenvalue weighted by atomic mass is 9.97. The van der Waals surface area contributed by atoms with E-state index in [-0.39, 0.29) is 35.6 Å². The zero-order chi connectivity index (χ0) is 31.0. The lowest BCUT2D eigenvalue weighted by molar-refractivity contribution is -0.144. The quantitative estimate of drug-likeness (QED) is 0.226. The predicted molar refractivity (Wildman–Crippen MR) is 165 cm³/mol. The normalized spacial score (nSPS) is 22.2. The standard InChI is InChI=1S/C33H32ClNO8S/c1-41-33(38)31-17-25(37)19-35(31)44(39,40)29-11-7-22-15-28(10-6-23(22)16-29)42-27-9-5-21(14-27)20-3-2-4-26(13-20)43-32-18-24(36)8-12-30(32)34/h2-4,6-8,10-13,15-16,18,21,25,27,31,36-37H,5,9,14,17,19H2,1H3/t21?,25-,27?,31+/m1/s1. The predicted octanol–water partition coefficient (Wildman–Crippen LogP) is 6.00. The third kappa shape index (κ3) is 6.21. The number of carbonyl (C=O) groups excluding carboxylic acids is 1. The van der Waals surface area contributed by atoms with Gasteiger partial charge in [-0.1, -0.05) is 35.9 Å². The van der Waals surface area contributed by atoms with Crippen LogP contribution in [0.15, 0.2) is 83.8 Å². The highest BCUT2D eigenvalue weighted by Gasteiger charge is 2.44. The van der Waals surface area contributed by atoms with E-state index in [0.29, 0.717) is 27.7 Å². The first-order valence-electron chi connectivity index (χ1n) is 14.4. The van der Waals surface area contributed by atoms with E-state index >= 15 is 0 Å². The van der Waals surface area contributed by atoms with Gasteiger partial charge in [-0.3, -0.25) is 4.79 Å². The van der Waals surface area contributed by atoms with Crippen molar-refractivity contribution in [1.29, 1.82) is 0 Å². The molecule has 2 N–H and O–H groups in total. The summed E-state index contributed by atoms with van der Waals surface area (Å²) in [6.45, 7) is -0.168. The van der Waals surface area contributed by atoms with E-state index in [1.165, 1.54) is 25.3 Å². The molecule has 2 fully saturated rings. The van der Waals surface area contributed by atoms with Crippen molar-refractivity contribution in [2.75, 3.05) is 13.7 Å². The highest BCUT2D eigenvalue weighted by Crippen LogP contribution is 2.40. The number of aliphatic hydroxyl groups is 1. The minimum Gasteiger partial charge on any atom is -0.508 e. The maximum atomic E-state index is 13.4. The summed E-state index contributed by atoms with van der Waals surface area (Å²) in [7, 11) is -2.84. The Labute approximate surface area is 260 Å². The Morgan fingerprint density at radius 3 is 2.55 bits per heavy atom. The van der Waals surface area contributed by atoms with Crippen LogP contribution in [0.1, 0.15) is 37.2 Å². The number of aromatic hydroxyl groups is 1. The number of fused-ring (bicyclic) bond motifs is 1. The Balaban J connectivity index is 1.13. The van der Waals surface area contributed by atoms with Gasteiger partial charge in [0.25, 0.3) is 0 Å². The van der Waals surface area contributed by atoms with Crippen molar-refractivity contribution < 1.29 is 37.6 Å². The lowest BCUT2D eigenvalue weighted by Crippen LogP contribution is -2.41. The summed E-state index contributed by atoms with van der Waals surface area (Å²) in [5.74, 6) is 1.39. The van der Waals surface area contributed by atoms with Gasteiger partial charge < -0.3 is 24.4 Å². The topological polar surface area (TPSA) is 123 Å². The molecule has 6 rings (SSSR count). The van der Waals surface area contributed by atoms with Crippen molar-refractivity contribution in [3.05, 3.63) is 89.4 Å². The van der Waals surface area contributed by atoms with Gasteiger partial charge in [0, 0.05) is 19.0 Å². The SMILES string of the molecule is COC(=O)[C@@H]1C[C@@H](O)CN1S(=O)(=O)c1ccc2cc(OC3CCC(c4cccc(Oc5cc(O)ccc5Cl)c4)C3)ccc2c1. The molecule has 2 unspecified atom stereocenters. The van der Waals surface area contributed by atoms with Crippen LogP contribution in [0.4, 0.5) is 0 Å². The number of hydrogen-bond donors (Lipinski definition) is 2. The summed E-state index contributed by atoms with van der Waals surface area (Å²) in [4.78, 5) is 12.2. The molecule has 4 aromatic rings. The number of nitrogens with zero attached hydrogens (tertiary/aromatic N) is 1. The molecule has 2 aliphatic rings.